The molecule has 0 aliphatic rings. The van der Waals surface area contributed by atoms with E-state index in [0.29, 0.717) is 16.1 Å². The Kier molecular flexibility index (Phi) is 5.19. The minimum absolute atomic E-state index is 0.109. The third-order valence-corrected chi connectivity index (χ3v) is 4.91. The summed E-state index contributed by atoms with van der Waals surface area (Å²) < 4.78 is 1.62. The number of hydrogen-bond acceptors (Lipinski definition) is 4. The van der Waals surface area contributed by atoms with Gasteiger partial charge in [0, 0.05) is 7.05 Å². The molecule has 2 aromatic carbocycles. The predicted octanol–water partition coefficient (Wildman–Crippen LogP) is 2.79. The molecule has 0 unspecified atom stereocenters. The van der Waals surface area contributed by atoms with Crippen LogP contribution in [0.15, 0.2) is 58.5 Å². The van der Waals surface area contributed by atoms with Gasteiger partial charge in [0.05, 0.1) is 22.3 Å². The first-order valence-electron chi connectivity index (χ1n) is 8.09. The summed E-state index contributed by atoms with van der Waals surface area (Å²) in [4.78, 5) is 29.4. The van der Waals surface area contributed by atoms with Crippen LogP contribution in [-0.4, -0.2) is 28.3 Å². The van der Waals surface area contributed by atoms with Crippen LogP contribution in [0.25, 0.3) is 16.6 Å². The second-order valence-electron chi connectivity index (χ2n) is 5.50. The number of para-hydroxylation sites is 2. The molecule has 6 heteroatoms. The molecule has 1 amide bonds. The molecular weight excluding hydrogens is 334 g/mol. The Morgan fingerprint density at radius 3 is 2.64 bits per heavy atom. The second-order valence-corrected chi connectivity index (χ2v) is 6.44. The van der Waals surface area contributed by atoms with Crippen molar-refractivity contribution in [1.29, 1.82) is 0 Å². The highest BCUT2D eigenvalue weighted by Gasteiger charge is 2.16. The van der Waals surface area contributed by atoms with Gasteiger partial charge in [0.25, 0.3) is 5.56 Å². The lowest BCUT2D eigenvalue weighted by Gasteiger charge is -2.15. The lowest BCUT2D eigenvalue weighted by atomic mass is 10.1. The van der Waals surface area contributed by atoms with Crippen LogP contribution in [0.2, 0.25) is 0 Å². The quantitative estimate of drug-likeness (QED) is 0.566. The molecule has 0 aliphatic carbocycles. The molecule has 1 N–H and O–H groups in total. The molecular formula is C19H19N3O2S. The molecule has 25 heavy (non-hydrogen) atoms. The van der Waals surface area contributed by atoms with E-state index in [1.807, 2.05) is 42.5 Å². The number of thioether (sulfide) groups is 1. The number of hydrogen-bond donors (Lipinski definition) is 1. The highest BCUT2D eigenvalue weighted by Crippen LogP contribution is 2.23. The number of amides is 1. The predicted molar refractivity (Wildman–Crippen MR) is 102 cm³/mol. The number of carbonyl (C=O) groups is 1. The fraction of sp³-hybridized carbons (Fsp3) is 0.211. The third kappa shape index (κ3) is 3.44. The van der Waals surface area contributed by atoms with Gasteiger partial charge in [-0.3, -0.25) is 14.2 Å². The van der Waals surface area contributed by atoms with Gasteiger partial charge in [0.2, 0.25) is 5.91 Å². The first-order chi connectivity index (χ1) is 12.2. The van der Waals surface area contributed by atoms with Crippen molar-refractivity contribution in [2.75, 3.05) is 12.8 Å². The Bertz CT molecular complexity index is 982. The monoisotopic (exact) mass is 353 g/mol. The van der Waals surface area contributed by atoms with Crippen molar-refractivity contribution in [3.63, 3.8) is 0 Å². The SMILES string of the molecule is CCc1ccccc1-n1c(SCC(=O)NC)nc2ccccc2c1=O. The average molecular weight is 353 g/mol. The van der Waals surface area contributed by atoms with Crippen LogP contribution < -0.4 is 10.9 Å². The summed E-state index contributed by atoms with van der Waals surface area (Å²) in [6.07, 6.45) is 0.801. The maximum absolute atomic E-state index is 13.1. The van der Waals surface area contributed by atoms with E-state index in [0.717, 1.165) is 17.7 Å². The standard InChI is InChI=1S/C19H19N3O2S/c1-3-13-8-4-7-11-16(13)22-18(24)14-9-5-6-10-15(14)21-19(22)25-12-17(23)20-2/h4-11H,3,12H2,1-2H3,(H,20,23). The largest absolute Gasteiger partial charge is 0.358 e. The number of carbonyl (C=O) groups excluding carboxylic acids is 1. The van der Waals surface area contributed by atoms with Gasteiger partial charge in [-0.25, -0.2) is 4.98 Å². The molecule has 3 rings (SSSR count). The lowest BCUT2D eigenvalue weighted by molar-refractivity contribution is -0.118. The maximum Gasteiger partial charge on any atom is 0.266 e. The number of nitrogens with zero attached hydrogens (tertiary/aromatic N) is 2. The molecule has 0 fully saturated rings. The van der Waals surface area contributed by atoms with Crippen molar-refractivity contribution < 1.29 is 4.79 Å². The number of fused-ring (bicyclic) bond motifs is 1. The summed E-state index contributed by atoms with van der Waals surface area (Å²) in [6.45, 7) is 2.05. The summed E-state index contributed by atoms with van der Waals surface area (Å²) >= 11 is 1.26. The fourth-order valence-electron chi connectivity index (χ4n) is 2.65. The van der Waals surface area contributed by atoms with Crippen molar-refractivity contribution in [3.8, 4) is 5.69 Å². The molecule has 128 valence electrons. The zero-order valence-electron chi connectivity index (χ0n) is 14.2. The number of benzene rings is 2. The van der Waals surface area contributed by atoms with Crippen LogP contribution >= 0.6 is 11.8 Å². The van der Waals surface area contributed by atoms with Crippen LogP contribution in [0.3, 0.4) is 0 Å². The summed E-state index contributed by atoms with van der Waals surface area (Å²) in [7, 11) is 1.59. The molecule has 0 bridgehead atoms. The van der Waals surface area contributed by atoms with Crippen LogP contribution in [0, 0.1) is 0 Å². The molecule has 3 aromatic rings. The summed E-state index contributed by atoms with van der Waals surface area (Å²) in [6, 6.07) is 15.1. The van der Waals surface area contributed by atoms with E-state index < -0.39 is 0 Å². The highest BCUT2D eigenvalue weighted by atomic mass is 32.2. The molecule has 0 aliphatic heterocycles. The summed E-state index contributed by atoms with van der Waals surface area (Å²) in [5, 5.41) is 3.68. The molecule has 1 heterocycles. The molecule has 0 atom stereocenters. The zero-order chi connectivity index (χ0) is 17.8. The van der Waals surface area contributed by atoms with Crippen LogP contribution in [0.1, 0.15) is 12.5 Å². The Labute approximate surface area is 150 Å². The Balaban J connectivity index is 2.25. The van der Waals surface area contributed by atoms with Crippen molar-refractivity contribution in [1.82, 2.24) is 14.9 Å². The first kappa shape index (κ1) is 17.2. The Hall–Kier alpha value is -2.60. The van der Waals surface area contributed by atoms with Crippen molar-refractivity contribution in [2.24, 2.45) is 0 Å². The highest BCUT2D eigenvalue weighted by molar-refractivity contribution is 7.99. The number of aromatic nitrogens is 2. The minimum Gasteiger partial charge on any atom is -0.358 e. The molecule has 0 saturated carbocycles. The fourth-order valence-corrected chi connectivity index (χ4v) is 3.53. The average Bonchev–Trinajstić information content (AvgIpc) is 2.66. The van der Waals surface area contributed by atoms with E-state index in [9.17, 15) is 9.59 Å². The van der Waals surface area contributed by atoms with Gasteiger partial charge in [-0.2, -0.15) is 0 Å². The molecule has 0 saturated heterocycles. The zero-order valence-corrected chi connectivity index (χ0v) is 15.0. The van der Waals surface area contributed by atoms with Gasteiger partial charge >= 0.3 is 0 Å². The van der Waals surface area contributed by atoms with Crippen LogP contribution in [0.4, 0.5) is 0 Å². The van der Waals surface area contributed by atoms with Gasteiger partial charge in [0.15, 0.2) is 5.16 Å². The van der Waals surface area contributed by atoms with E-state index in [-0.39, 0.29) is 17.2 Å². The smallest absolute Gasteiger partial charge is 0.266 e. The van der Waals surface area contributed by atoms with Gasteiger partial charge < -0.3 is 5.32 Å². The summed E-state index contributed by atoms with van der Waals surface area (Å²) in [5.41, 5.74) is 2.39. The number of rotatable bonds is 5. The topological polar surface area (TPSA) is 64.0 Å². The molecule has 0 radical (unpaired) electrons. The van der Waals surface area contributed by atoms with Crippen LogP contribution in [-0.2, 0) is 11.2 Å². The van der Waals surface area contributed by atoms with Gasteiger partial charge in [-0.1, -0.05) is 49.0 Å². The summed E-state index contributed by atoms with van der Waals surface area (Å²) in [5.74, 6) is 0.0954. The molecule has 0 spiro atoms. The third-order valence-electron chi connectivity index (χ3n) is 3.97. The molecule has 5 nitrogen and oxygen atoms in total. The normalized spacial score (nSPS) is 10.8. The number of nitrogens with one attached hydrogen (secondary N) is 1. The van der Waals surface area contributed by atoms with Crippen molar-refractivity contribution in [2.45, 2.75) is 18.5 Å². The van der Waals surface area contributed by atoms with Gasteiger partial charge in [0.1, 0.15) is 0 Å². The van der Waals surface area contributed by atoms with E-state index in [2.05, 4.69) is 17.2 Å². The lowest BCUT2D eigenvalue weighted by Crippen LogP contribution is -2.24. The Morgan fingerprint density at radius 2 is 1.88 bits per heavy atom. The van der Waals surface area contributed by atoms with Crippen LogP contribution in [0.5, 0.6) is 0 Å². The van der Waals surface area contributed by atoms with Gasteiger partial charge in [-0.15, -0.1) is 0 Å². The van der Waals surface area contributed by atoms with E-state index >= 15 is 0 Å². The van der Waals surface area contributed by atoms with Crippen molar-refractivity contribution in [3.05, 3.63) is 64.4 Å². The van der Waals surface area contributed by atoms with Gasteiger partial charge in [-0.05, 0) is 30.2 Å². The molecule has 1 aromatic heterocycles. The Morgan fingerprint density at radius 1 is 1.16 bits per heavy atom. The maximum atomic E-state index is 13.1. The number of aryl methyl sites for hydroxylation is 1. The van der Waals surface area contributed by atoms with E-state index in [1.165, 1.54) is 11.8 Å². The first-order valence-corrected chi connectivity index (χ1v) is 9.07. The van der Waals surface area contributed by atoms with Crippen molar-refractivity contribution >= 4 is 28.6 Å². The second kappa shape index (κ2) is 7.53. The minimum atomic E-state index is -0.120. The van der Waals surface area contributed by atoms with E-state index in [1.54, 1.807) is 17.7 Å². The van der Waals surface area contributed by atoms with E-state index in [4.69, 9.17) is 0 Å².